The summed E-state index contributed by atoms with van der Waals surface area (Å²) in [5.74, 6) is -0.920. The first-order valence-corrected chi connectivity index (χ1v) is 9.34. The molecule has 0 aliphatic rings. The van der Waals surface area contributed by atoms with Crippen LogP contribution in [0.2, 0.25) is 0 Å². The van der Waals surface area contributed by atoms with Crippen molar-refractivity contribution >= 4 is 11.8 Å². The van der Waals surface area contributed by atoms with Crippen molar-refractivity contribution in [3.05, 3.63) is 70.8 Å². The van der Waals surface area contributed by atoms with Gasteiger partial charge in [0.1, 0.15) is 6.04 Å². The largest absolute Gasteiger partial charge is 0.416 e. The number of rotatable bonds is 6. The van der Waals surface area contributed by atoms with Crippen molar-refractivity contribution in [1.82, 2.24) is 10.6 Å². The molecule has 0 bridgehead atoms. The average molecular weight is 406 g/mol. The maximum absolute atomic E-state index is 12.7. The number of alkyl halides is 3. The topological polar surface area (TPSA) is 58.2 Å². The lowest BCUT2D eigenvalue weighted by Gasteiger charge is -2.24. The first-order chi connectivity index (χ1) is 13.5. The highest BCUT2D eigenvalue weighted by Crippen LogP contribution is 2.29. The minimum atomic E-state index is -4.41. The molecule has 29 heavy (non-hydrogen) atoms. The SMILES string of the molecule is Cc1ccccc1C(=O)N[C@@H](C(=O)N[C@H](C)c1ccc(C(F)(F)F)cc1)C(C)C. The van der Waals surface area contributed by atoms with Crippen molar-refractivity contribution in [1.29, 1.82) is 0 Å². The Bertz CT molecular complexity index is 861. The zero-order valence-corrected chi connectivity index (χ0v) is 16.8. The Balaban J connectivity index is 2.09. The Labute approximate surface area is 168 Å². The molecule has 0 radical (unpaired) electrons. The van der Waals surface area contributed by atoms with Crippen LogP contribution >= 0.6 is 0 Å². The molecule has 0 saturated heterocycles. The molecule has 0 fully saturated rings. The fourth-order valence-electron chi connectivity index (χ4n) is 2.93. The number of hydrogen-bond acceptors (Lipinski definition) is 2. The lowest BCUT2D eigenvalue weighted by Crippen LogP contribution is -2.50. The number of aryl methyl sites for hydroxylation is 1. The van der Waals surface area contributed by atoms with E-state index in [1.807, 2.05) is 32.9 Å². The van der Waals surface area contributed by atoms with Gasteiger partial charge in [-0.25, -0.2) is 0 Å². The number of nitrogens with one attached hydrogen (secondary N) is 2. The van der Waals surface area contributed by atoms with Crippen LogP contribution in [-0.4, -0.2) is 17.9 Å². The van der Waals surface area contributed by atoms with Crippen LogP contribution in [0, 0.1) is 12.8 Å². The Kier molecular flexibility index (Phi) is 7.06. The fourth-order valence-corrected chi connectivity index (χ4v) is 2.93. The maximum atomic E-state index is 12.7. The van der Waals surface area contributed by atoms with Crippen molar-refractivity contribution in [2.24, 2.45) is 5.92 Å². The van der Waals surface area contributed by atoms with Crippen molar-refractivity contribution in [3.63, 3.8) is 0 Å². The molecule has 0 unspecified atom stereocenters. The van der Waals surface area contributed by atoms with Crippen LogP contribution in [0.1, 0.15) is 53.9 Å². The minimum Gasteiger partial charge on any atom is -0.348 e. The van der Waals surface area contributed by atoms with Crippen LogP contribution < -0.4 is 10.6 Å². The van der Waals surface area contributed by atoms with Gasteiger partial charge < -0.3 is 10.6 Å². The first kappa shape index (κ1) is 22.5. The van der Waals surface area contributed by atoms with Crippen molar-refractivity contribution in [2.75, 3.05) is 0 Å². The molecular formula is C22H25F3N2O2. The molecule has 2 rings (SSSR count). The van der Waals surface area contributed by atoms with Gasteiger partial charge in [-0.3, -0.25) is 9.59 Å². The highest BCUT2D eigenvalue weighted by molar-refractivity contribution is 5.98. The van der Waals surface area contributed by atoms with Gasteiger partial charge in [-0.1, -0.05) is 44.2 Å². The van der Waals surface area contributed by atoms with Crippen LogP contribution in [0.25, 0.3) is 0 Å². The summed E-state index contributed by atoms with van der Waals surface area (Å²) in [4.78, 5) is 25.3. The van der Waals surface area contributed by atoms with E-state index in [0.29, 0.717) is 11.1 Å². The Hall–Kier alpha value is -2.83. The molecule has 0 heterocycles. The van der Waals surface area contributed by atoms with Gasteiger partial charge >= 0.3 is 6.18 Å². The third kappa shape index (κ3) is 5.82. The summed E-state index contributed by atoms with van der Waals surface area (Å²) in [5.41, 5.74) is 1.08. The molecule has 7 heteroatoms. The second kappa shape index (κ2) is 9.11. The molecule has 156 valence electrons. The second-order valence-corrected chi connectivity index (χ2v) is 7.36. The van der Waals surface area contributed by atoms with Gasteiger partial charge in [0, 0.05) is 5.56 Å². The molecule has 0 aliphatic carbocycles. The predicted octanol–water partition coefficient (Wildman–Crippen LogP) is 4.65. The summed E-state index contributed by atoms with van der Waals surface area (Å²) in [6.07, 6.45) is -4.41. The minimum absolute atomic E-state index is 0.178. The number of benzene rings is 2. The van der Waals surface area contributed by atoms with E-state index in [9.17, 15) is 22.8 Å². The molecular weight excluding hydrogens is 381 g/mol. The molecule has 2 aromatic carbocycles. The Morgan fingerprint density at radius 1 is 0.897 bits per heavy atom. The summed E-state index contributed by atoms with van der Waals surface area (Å²) in [5, 5.41) is 5.53. The lowest BCUT2D eigenvalue weighted by atomic mass is 10.0. The number of halogens is 3. The van der Waals surface area contributed by atoms with Gasteiger partial charge in [-0.05, 0) is 49.1 Å². The molecule has 0 saturated carbocycles. The fraction of sp³-hybridized carbons (Fsp3) is 0.364. The smallest absolute Gasteiger partial charge is 0.348 e. The van der Waals surface area contributed by atoms with Gasteiger partial charge in [0.2, 0.25) is 5.91 Å². The van der Waals surface area contributed by atoms with Gasteiger partial charge in [0.15, 0.2) is 0 Å². The molecule has 4 nitrogen and oxygen atoms in total. The van der Waals surface area contributed by atoms with E-state index in [-0.39, 0.29) is 11.8 Å². The molecule has 2 amide bonds. The van der Waals surface area contributed by atoms with E-state index >= 15 is 0 Å². The van der Waals surface area contributed by atoms with E-state index < -0.39 is 29.7 Å². The van der Waals surface area contributed by atoms with Crippen LogP contribution in [-0.2, 0) is 11.0 Å². The Morgan fingerprint density at radius 3 is 2.00 bits per heavy atom. The van der Waals surface area contributed by atoms with Gasteiger partial charge in [0.25, 0.3) is 5.91 Å². The van der Waals surface area contributed by atoms with Gasteiger partial charge in [-0.2, -0.15) is 13.2 Å². The van der Waals surface area contributed by atoms with Crippen molar-refractivity contribution in [3.8, 4) is 0 Å². The monoisotopic (exact) mass is 406 g/mol. The zero-order valence-electron chi connectivity index (χ0n) is 16.8. The van der Waals surface area contributed by atoms with Crippen LogP contribution in [0.15, 0.2) is 48.5 Å². The molecule has 0 aliphatic heterocycles. The standard InChI is InChI=1S/C22H25F3N2O2/c1-13(2)19(27-20(28)18-8-6-5-7-14(18)3)21(29)26-15(4)16-9-11-17(12-10-16)22(23,24)25/h5-13,15,19H,1-4H3,(H,26,29)(H,27,28)/t15-,19-/m1/s1. The summed E-state index contributed by atoms with van der Waals surface area (Å²) in [6.45, 7) is 7.11. The van der Waals surface area contributed by atoms with Gasteiger partial charge in [-0.15, -0.1) is 0 Å². The predicted molar refractivity (Wildman–Crippen MR) is 105 cm³/mol. The van der Waals surface area contributed by atoms with Crippen molar-refractivity contribution in [2.45, 2.75) is 46.0 Å². The normalized spacial score (nSPS) is 13.7. The van der Waals surface area contributed by atoms with E-state index in [2.05, 4.69) is 10.6 Å². The van der Waals surface area contributed by atoms with Crippen LogP contribution in [0.4, 0.5) is 13.2 Å². The zero-order chi connectivity index (χ0) is 21.8. The third-order valence-corrected chi connectivity index (χ3v) is 4.72. The molecule has 0 aromatic heterocycles. The number of carbonyl (C=O) groups is 2. The molecule has 2 atom stereocenters. The highest BCUT2D eigenvalue weighted by atomic mass is 19.4. The summed E-state index contributed by atoms with van der Waals surface area (Å²) in [7, 11) is 0. The number of carbonyl (C=O) groups excluding carboxylic acids is 2. The van der Waals surface area contributed by atoms with Crippen LogP contribution in [0.5, 0.6) is 0 Å². The number of hydrogen-bond donors (Lipinski definition) is 2. The maximum Gasteiger partial charge on any atom is 0.416 e. The van der Waals surface area contributed by atoms with Crippen molar-refractivity contribution < 1.29 is 22.8 Å². The second-order valence-electron chi connectivity index (χ2n) is 7.36. The van der Waals surface area contributed by atoms with Gasteiger partial charge in [0.05, 0.1) is 11.6 Å². The summed E-state index contributed by atoms with van der Waals surface area (Å²) >= 11 is 0. The molecule has 2 aromatic rings. The van der Waals surface area contributed by atoms with E-state index in [1.54, 1.807) is 19.1 Å². The average Bonchev–Trinajstić information content (AvgIpc) is 2.65. The van der Waals surface area contributed by atoms with Crippen LogP contribution in [0.3, 0.4) is 0 Å². The third-order valence-electron chi connectivity index (χ3n) is 4.72. The molecule has 2 N–H and O–H groups in total. The lowest BCUT2D eigenvalue weighted by molar-refractivity contribution is -0.137. The molecule has 0 spiro atoms. The van der Waals surface area contributed by atoms with E-state index in [0.717, 1.165) is 17.7 Å². The first-order valence-electron chi connectivity index (χ1n) is 9.34. The Morgan fingerprint density at radius 2 is 1.48 bits per heavy atom. The summed E-state index contributed by atoms with van der Waals surface area (Å²) in [6, 6.07) is 10.4. The van der Waals surface area contributed by atoms with E-state index in [1.165, 1.54) is 12.1 Å². The quantitative estimate of drug-likeness (QED) is 0.734. The number of amides is 2. The summed E-state index contributed by atoms with van der Waals surface area (Å²) < 4.78 is 38.1. The van der Waals surface area contributed by atoms with E-state index in [4.69, 9.17) is 0 Å². The highest BCUT2D eigenvalue weighted by Gasteiger charge is 2.30.